The van der Waals surface area contributed by atoms with Gasteiger partial charge in [-0.2, -0.15) is 13.2 Å². The third kappa shape index (κ3) is 4.27. The van der Waals surface area contributed by atoms with Crippen molar-refractivity contribution in [1.82, 2.24) is 9.97 Å². The fraction of sp³-hybridized carbons (Fsp3) is 0.125. The molecule has 0 aliphatic rings. The topological polar surface area (TPSA) is 25.8 Å². The van der Waals surface area contributed by atoms with Gasteiger partial charge in [-0.05, 0) is 19.1 Å². The van der Waals surface area contributed by atoms with Crippen molar-refractivity contribution in [3.63, 3.8) is 0 Å². The maximum absolute atomic E-state index is 12.2. The number of aromatic nitrogens is 2. The van der Waals surface area contributed by atoms with Gasteiger partial charge in [-0.15, -0.1) is 0 Å². The number of hydrogen-bond acceptors (Lipinski definition) is 2. The molecule has 108 valence electrons. The predicted molar refractivity (Wildman–Crippen MR) is 75.7 cm³/mol. The summed E-state index contributed by atoms with van der Waals surface area (Å²) in [5, 5.41) is 0. The average molecular weight is 290 g/mol. The first-order chi connectivity index (χ1) is 9.97. The molecule has 0 atom stereocenters. The zero-order valence-electron chi connectivity index (χ0n) is 11.3. The number of aryl methyl sites for hydroxylation is 1. The van der Waals surface area contributed by atoms with E-state index in [2.05, 4.69) is 29.0 Å². The number of halogens is 3. The summed E-state index contributed by atoms with van der Waals surface area (Å²) in [6, 6.07) is 16.7. The molecule has 5 heteroatoms. The van der Waals surface area contributed by atoms with Crippen molar-refractivity contribution in [1.29, 1.82) is 0 Å². The van der Waals surface area contributed by atoms with Gasteiger partial charge in [-0.25, -0.2) is 4.98 Å². The number of hydrogen-bond donors (Lipinski definition) is 0. The Labute approximate surface area is 120 Å². The SMILES string of the molecule is Cc1ccccc1.FC(F)(F)c1cnc2ccccc2n1. The second-order valence-corrected chi connectivity index (χ2v) is 4.40. The van der Waals surface area contributed by atoms with Crippen LogP contribution in [0, 0.1) is 6.92 Å². The minimum absolute atomic E-state index is 0.252. The Morgan fingerprint density at radius 3 is 1.90 bits per heavy atom. The molecule has 1 aromatic heterocycles. The van der Waals surface area contributed by atoms with E-state index in [0.717, 1.165) is 6.20 Å². The molecule has 0 saturated carbocycles. The van der Waals surface area contributed by atoms with Crippen LogP contribution in [0.5, 0.6) is 0 Å². The van der Waals surface area contributed by atoms with Gasteiger partial charge < -0.3 is 0 Å². The molecule has 0 saturated heterocycles. The first kappa shape index (κ1) is 15.0. The Balaban J connectivity index is 0.000000194. The van der Waals surface area contributed by atoms with E-state index in [-0.39, 0.29) is 5.52 Å². The van der Waals surface area contributed by atoms with Crippen LogP contribution in [0.2, 0.25) is 0 Å². The fourth-order valence-electron chi connectivity index (χ4n) is 1.63. The van der Waals surface area contributed by atoms with Gasteiger partial charge >= 0.3 is 6.18 Å². The van der Waals surface area contributed by atoms with Crippen LogP contribution in [-0.2, 0) is 6.18 Å². The number of fused-ring (bicyclic) bond motifs is 1. The summed E-state index contributed by atoms with van der Waals surface area (Å²) in [5.74, 6) is 0. The third-order valence-corrected chi connectivity index (χ3v) is 2.68. The molecule has 0 N–H and O–H groups in total. The van der Waals surface area contributed by atoms with Crippen molar-refractivity contribution >= 4 is 11.0 Å². The molecule has 0 aliphatic carbocycles. The molecule has 2 nitrogen and oxygen atoms in total. The fourth-order valence-corrected chi connectivity index (χ4v) is 1.63. The summed E-state index contributed by atoms with van der Waals surface area (Å²) < 4.78 is 36.6. The van der Waals surface area contributed by atoms with E-state index in [1.165, 1.54) is 11.6 Å². The van der Waals surface area contributed by atoms with Gasteiger partial charge in [0.1, 0.15) is 0 Å². The van der Waals surface area contributed by atoms with Gasteiger partial charge in [0.2, 0.25) is 0 Å². The molecule has 21 heavy (non-hydrogen) atoms. The van der Waals surface area contributed by atoms with Crippen LogP contribution in [0.1, 0.15) is 11.3 Å². The Kier molecular flexibility index (Phi) is 4.52. The Morgan fingerprint density at radius 2 is 1.38 bits per heavy atom. The number of rotatable bonds is 0. The number of para-hydroxylation sites is 2. The van der Waals surface area contributed by atoms with Crippen molar-refractivity contribution in [2.24, 2.45) is 0 Å². The van der Waals surface area contributed by atoms with E-state index in [1.807, 2.05) is 18.2 Å². The molecule has 0 amide bonds. The monoisotopic (exact) mass is 290 g/mol. The molecule has 3 rings (SSSR count). The van der Waals surface area contributed by atoms with Crippen LogP contribution in [0.3, 0.4) is 0 Å². The minimum Gasteiger partial charge on any atom is -0.252 e. The lowest BCUT2D eigenvalue weighted by atomic mass is 10.2. The lowest BCUT2D eigenvalue weighted by Crippen LogP contribution is -2.08. The van der Waals surface area contributed by atoms with E-state index in [1.54, 1.807) is 18.2 Å². The summed E-state index contributed by atoms with van der Waals surface area (Å²) >= 11 is 0. The highest BCUT2D eigenvalue weighted by atomic mass is 19.4. The summed E-state index contributed by atoms with van der Waals surface area (Å²) in [5.41, 5.74) is 1.07. The molecular weight excluding hydrogens is 277 g/mol. The maximum atomic E-state index is 12.2. The lowest BCUT2D eigenvalue weighted by Gasteiger charge is -2.05. The molecule has 0 spiro atoms. The minimum atomic E-state index is -4.43. The van der Waals surface area contributed by atoms with Gasteiger partial charge in [0.15, 0.2) is 5.69 Å². The first-order valence-corrected chi connectivity index (χ1v) is 6.27. The van der Waals surface area contributed by atoms with Gasteiger partial charge in [-0.3, -0.25) is 4.98 Å². The van der Waals surface area contributed by atoms with Gasteiger partial charge in [0.05, 0.1) is 17.2 Å². The quantitative estimate of drug-likeness (QED) is 0.602. The third-order valence-electron chi connectivity index (χ3n) is 2.68. The summed E-state index contributed by atoms with van der Waals surface area (Å²) in [4.78, 5) is 7.12. The number of alkyl halides is 3. The highest BCUT2D eigenvalue weighted by Crippen LogP contribution is 2.27. The molecule has 1 heterocycles. The highest BCUT2D eigenvalue weighted by Gasteiger charge is 2.32. The zero-order valence-corrected chi connectivity index (χ0v) is 11.3. The average Bonchev–Trinajstić information content (AvgIpc) is 2.47. The number of nitrogens with zero attached hydrogens (tertiary/aromatic N) is 2. The molecule has 2 aromatic carbocycles. The normalized spacial score (nSPS) is 10.9. The van der Waals surface area contributed by atoms with Crippen molar-refractivity contribution in [3.05, 3.63) is 72.1 Å². The Morgan fingerprint density at radius 1 is 0.810 bits per heavy atom. The smallest absolute Gasteiger partial charge is 0.252 e. The first-order valence-electron chi connectivity index (χ1n) is 6.27. The molecule has 3 aromatic rings. The Bertz CT molecular complexity index is 709. The summed E-state index contributed by atoms with van der Waals surface area (Å²) in [6.07, 6.45) is -3.70. The Hall–Kier alpha value is -2.43. The molecular formula is C16H13F3N2. The molecule has 0 bridgehead atoms. The van der Waals surface area contributed by atoms with Crippen LogP contribution < -0.4 is 0 Å². The van der Waals surface area contributed by atoms with E-state index < -0.39 is 11.9 Å². The second kappa shape index (κ2) is 6.35. The van der Waals surface area contributed by atoms with Crippen molar-refractivity contribution in [2.75, 3.05) is 0 Å². The lowest BCUT2D eigenvalue weighted by molar-refractivity contribution is -0.141. The van der Waals surface area contributed by atoms with E-state index in [4.69, 9.17) is 0 Å². The van der Waals surface area contributed by atoms with Crippen LogP contribution in [0.15, 0.2) is 60.8 Å². The molecule has 0 fully saturated rings. The molecule has 0 unspecified atom stereocenters. The van der Waals surface area contributed by atoms with Crippen LogP contribution >= 0.6 is 0 Å². The number of benzene rings is 2. The summed E-state index contributed by atoms with van der Waals surface area (Å²) in [7, 11) is 0. The van der Waals surface area contributed by atoms with Gasteiger partial charge in [0.25, 0.3) is 0 Å². The standard InChI is InChI=1S/C9H5F3N2.C7H8/c10-9(11,12)8-5-13-6-3-1-2-4-7(6)14-8;1-7-5-3-2-4-6-7/h1-5H;2-6H,1H3. The van der Waals surface area contributed by atoms with E-state index >= 15 is 0 Å². The maximum Gasteiger partial charge on any atom is 0.434 e. The largest absolute Gasteiger partial charge is 0.434 e. The highest BCUT2D eigenvalue weighted by molar-refractivity contribution is 5.73. The second-order valence-electron chi connectivity index (χ2n) is 4.40. The molecule has 0 radical (unpaired) electrons. The van der Waals surface area contributed by atoms with Crippen LogP contribution in [0.4, 0.5) is 13.2 Å². The van der Waals surface area contributed by atoms with Crippen LogP contribution in [-0.4, -0.2) is 9.97 Å². The van der Waals surface area contributed by atoms with Crippen molar-refractivity contribution in [2.45, 2.75) is 13.1 Å². The zero-order chi connectivity index (χ0) is 15.3. The van der Waals surface area contributed by atoms with E-state index in [0.29, 0.717) is 5.52 Å². The van der Waals surface area contributed by atoms with Gasteiger partial charge in [-0.1, -0.05) is 48.0 Å². The van der Waals surface area contributed by atoms with Crippen molar-refractivity contribution < 1.29 is 13.2 Å². The molecule has 0 aliphatic heterocycles. The van der Waals surface area contributed by atoms with Gasteiger partial charge in [0, 0.05) is 0 Å². The van der Waals surface area contributed by atoms with Crippen LogP contribution in [0.25, 0.3) is 11.0 Å². The van der Waals surface area contributed by atoms with E-state index in [9.17, 15) is 13.2 Å². The predicted octanol–water partition coefficient (Wildman–Crippen LogP) is 4.64. The summed E-state index contributed by atoms with van der Waals surface area (Å²) in [6.45, 7) is 2.08. The van der Waals surface area contributed by atoms with Crippen molar-refractivity contribution in [3.8, 4) is 0 Å².